The number of likely N-dealkylation sites (N-methyl/N-ethyl adjacent to an activating group) is 2. The molecule has 26 heavy (non-hydrogen) atoms. The Morgan fingerprint density at radius 2 is 1.69 bits per heavy atom. The van der Waals surface area contributed by atoms with E-state index in [1.54, 1.807) is 31.3 Å². The van der Waals surface area contributed by atoms with Crippen molar-refractivity contribution in [3.63, 3.8) is 0 Å². The van der Waals surface area contributed by atoms with Crippen molar-refractivity contribution in [2.45, 2.75) is 11.8 Å². The van der Waals surface area contributed by atoms with Gasteiger partial charge in [0.05, 0.1) is 32.1 Å². The smallest absolute Gasteiger partial charge is 0.243 e. The summed E-state index contributed by atoms with van der Waals surface area (Å²) < 4.78 is 33.1. The van der Waals surface area contributed by atoms with Crippen molar-refractivity contribution in [2.75, 3.05) is 47.4 Å². The van der Waals surface area contributed by atoms with E-state index in [1.165, 1.54) is 9.87 Å². The Morgan fingerprint density at radius 1 is 1.00 bits per heavy atom. The van der Waals surface area contributed by atoms with Gasteiger partial charge in [0.15, 0.2) is 0 Å². The lowest BCUT2D eigenvalue weighted by Gasteiger charge is -2.31. The molecule has 0 aliphatic heterocycles. The lowest BCUT2D eigenvalue weighted by Crippen LogP contribution is -2.47. The number of quaternary nitrogens is 1. The number of sulfonamides is 1. The van der Waals surface area contributed by atoms with Gasteiger partial charge in [-0.2, -0.15) is 4.31 Å². The molecule has 5 nitrogen and oxygen atoms in total. The van der Waals surface area contributed by atoms with Crippen molar-refractivity contribution in [1.82, 2.24) is 4.31 Å². The van der Waals surface area contributed by atoms with Gasteiger partial charge < -0.3 is 9.22 Å². The Morgan fingerprint density at radius 3 is 2.35 bits per heavy atom. The summed E-state index contributed by atoms with van der Waals surface area (Å²) in [6.45, 7) is 4.59. The van der Waals surface area contributed by atoms with Gasteiger partial charge in [-0.05, 0) is 36.8 Å². The molecule has 142 valence electrons. The van der Waals surface area contributed by atoms with Gasteiger partial charge in [-0.25, -0.2) is 8.42 Å². The fourth-order valence-electron chi connectivity index (χ4n) is 2.53. The molecule has 0 amide bonds. The molecule has 2 aromatic rings. The molecule has 2 aromatic carbocycles. The highest BCUT2D eigenvalue weighted by Gasteiger charge is 2.23. The number of aryl methyl sites for hydroxylation is 1. The van der Waals surface area contributed by atoms with Crippen LogP contribution in [0.2, 0.25) is 0 Å². The summed E-state index contributed by atoms with van der Waals surface area (Å²) in [6.07, 6.45) is 0. The Bertz CT molecular complexity index is 805. The maximum absolute atomic E-state index is 12.6. The fraction of sp³-hybridized carbons (Fsp3) is 0.400. The molecule has 0 aromatic heterocycles. The third-order valence-corrected chi connectivity index (χ3v) is 6.30. The molecule has 0 bridgehead atoms. The first-order chi connectivity index (χ1) is 12.2. The highest BCUT2D eigenvalue weighted by Crippen LogP contribution is 2.14. The zero-order valence-corrected chi connectivity index (χ0v) is 16.9. The van der Waals surface area contributed by atoms with Crippen molar-refractivity contribution in [2.24, 2.45) is 0 Å². The van der Waals surface area contributed by atoms with Gasteiger partial charge in [-0.15, -0.1) is 0 Å². The van der Waals surface area contributed by atoms with Crippen LogP contribution < -0.4 is 4.74 Å². The van der Waals surface area contributed by atoms with E-state index >= 15 is 0 Å². The Hall–Kier alpha value is -1.89. The van der Waals surface area contributed by atoms with Crippen LogP contribution in [0.5, 0.6) is 5.75 Å². The minimum atomic E-state index is -3.44. The van der Waals surface area contributed by atoms with E-state index in [4.69, 9.17) is 4.74 Å². The van der Waals surface area contributed by atoms with Crippen LogP contribution in [0.3, 0.4) is 0 Å². The average Bonchev–Trinajstić information content (AvgIpc) is 2.60. The number of benzene rings is 2. The predicted molar refractivity (Wildman–Crippen MR) is 105 cm³/mol. The third-order valence-electron chi connectivity index (χ3n) is 4.43. The van der Waals surface area contributed by atoms with Crippen LogP contribution in [0.25, 0.3) is 0 Å². The summed E-state index contributed by atoms with van der Waals surface area (Å²) in [7, 11) is 2.36. The largest absolute Gasteiger partial charge is 0.488 e. The van der Waals surface area contributed by atoms with E-state index < -0.39 is 10.0 Å². The molecule has 0 N–H and O–H groups in total. The van der Waals surface area contributed by atoms with Crippen LogP contribution in [0.4, 0.5) is 0 Å². The molecule has 0 heterocycles. The molecule has 0 unspecified atom stereocenters. The summed E-state index contributed by atoms with van der Waals surface area (Å²) in [5, 5.41) is 0. The van der Waals surface area contributed by atoms with Gasteiger partial charge in [0, 0.05) is 7.05 Å². The topological polar surface area (TPSA) is 46.6 Å². The van der Waals surface area contributed by atoms with Crippen molar-refractivity contribution in [3.8, 4) is 5.75 Å². The van der Waals surface area contributed by atoms with E-state index in [9.17, 15) is 8.42 Å². The van der Waals surface area contributed by atoms with Crippen LogP contribution in [-0.4, -0.2) is 64.6 Å². The Kier molecular flexibility index (Phi) is 6.81. The van der Waals surface area contributed by atoms with Crippen LogP contribution in [0.15, 0.2) is 59.5 Å². The average molecular weight is 378 g/mol. The minimum absolute atomic E-state index is 0.329. The highest BCUT2D eigenvalue weighted by molar-refractivity contribution is 7.89. The number of nitrogens with zero attached hydrogens (tertiary/aromatic N) is 2. The summed E-state index contributed by atoms with van der Waals surface area (Å²) in [4.78, 5) is 0.329. The van der Waals surface area contributed by atoms with Crippen LogP contribution in [0.1, 0.15) is 5.56 Å². The molecule has 0 fully saturated rings. The third kappa shape index (κ3) is 5.83. The lowest BCUT2D eigenvalue weighted by atomic mass is 10.2. The van der Waals surface area contributed by atoms with E-state index in [-0.39, 0.29) is 0 Å². The zero-order valence-electron chi connectivity index (χ0n) is 16.1. The van der Waals surface area contributed by atoms with Crippen LogP contribution in [-0.2, 0) is 10.0 Å². The number of hydrogen-bond acceptors (Lipinski definition) is 3. The second kappa shape index (κ2) is 8.66. The lowest BCUT2D eigenvalue weighted by molar-refractivity contribution is -0.889. The van der Waals surface area contributed by atoms with E-state index in [2.05, 4.69) is 14.1 Å². The second-order valence-electron chi connectivity index (χ2n) is 7.19. The maximum Gasteiger partial charge on any atom is 0.243 e. The van der Waals surface area contributed by atoms with Crippen molar-refractivity contribution in [3.05, 3.63) is 60.2 Å². The molecule has 0 radical (unpaired) electrons. The Balaban J connectivity index is 1.85. The molecular weight excluding hydrogens is 348 g/mol. The summed E-state index contributed by atoms with van der Waals surface area (Å²) >= 11 is 0. The van der Waals surface area contributed by atoms with Gasteiger partial charge in [-0.1, -0.05) is 30.3 Å². The molecule has 0 spiro atoms. The van der Waals surface area contributed by atoms with Gasteiger partial charge >= 0.3 is 0 Å². The normalized spacial score (nSPS) is 12.3. The molecule has 0 atom stereocenters. The highest BCUT2D eigenvalue weighted by atomic mass is 32.2. The van der Waals surface area contributed by atoms with Crippen LogP contribution >= 0.6 is 0 Å². The zero-order chi connectivity index (χ0) is 19.2. The molecular formula is C20H29N2O3S+. The first kappa shape index (κ1) is 20.4. The number of hydrogen-bond donors (Lipinski definition) is 0. The SMILES string of the molecule is Cc1cccc(OCC[N+](C)(C)CCN(C)S(=O)(=O)c2ccccc2)c1. The predicted octanol–water partition coefficient (Wildman–Crippen LogP) is 2.77. The summed E-state index contributed by atoms with van der Waals surface area (Å²) in [5.74, 6) is 0.869. The summed E-state index contributed by atoms with van der Waals surface area (Å²) in [6, 6.07) is 16.5. The monoisotopic (exact) mass is 377 g/mol. The van der Waals surface area contributed by atoms with Gasteiger partial charge in [-0.3, -0.25) is 0 Å². The van der Waals surface area contributed by atoms with Crippen molar-refractivity contribution < 1.29 is 17.6 Å². The Labute approximate surface area is 157 Å². The van der Waals surface area contributed by atoms with E-state index in [1.807, 2.05) is 37.3 Å². The molecule has 0 aliphatic carbocycles. The summed E-state index contributed by atoms with van der Waals surface area (Å²) in [5.41, 5.74) is 1.17. The standard InChI is InChI=1S/C20H29N2O3S/c1-18-9-8-10-19(17-18)25-16-15-22(3,4)14-13-21(2)26(23,24)20-11-6-5-7-12-20/h5-12,17H,13-16H2,1-4H3/q+1. The van der Waals surface area contributed by atoms with Crippen molar-refractivity contribution in [1.29, 1.82) is 0 Å². The molecule has 6 heteroatoms. The maximum atomic E-state index is 12.6. The van der Waals surface area contributed by atoms with Gasteiger partial charge in [0.2, 0.25) is 10.0 Å². The number of ether oxygens (including phenoxy) is 1. The van der Waals surface area contributed by atoms with E-state index in [0.717, 1.165) is 12.3 Å². The molecule has 0 saturated heterocycles. The molecule has 2 rings (SSSR count). The molecule has 0 aliphatic rings. The first-order valence-electron chi connectivity index (χ1n) is 8.74. The second-order valence-corrected chi connectivity index (χ2v) is 9.23. The number of rotatable bonds is 9. The van der Waals surface area contributed by atoms with Crippen LogP contribution in [0, 0.1) is 6.92 Å². The first-order valence-corrected chi connectivity index (χ1v) is 10.2. The van der Waals surface area contributed by atoms with Gasteiger partial charge in [0.1, 0.15) is 18.9 Å². The minimum Gasteiger partial charge on any atom is -0.488 e. The fourth-order valence-corrected chi connectivity index (χ4v) is 3.71. The molecule has 0 saturated carbocycles. The van der Waals surface area contributed by atoms with Crippen molar-refractivity contribution >= 4 is 10.0 Å². The quantitative estimate of drug-likeness (QED) is 0.631. The van der Waals surface area contributed by atoms with E-state index in [0.29, 0.717) is 29.1 Å². The van der Waals surface area contributed by atoms with Gasteiger partial charge in [0.25, 0.3) is 0 Å².